The molecule has 2 aromatic carbocycles. The zero-order valence-corrected chi connectivity index (χ0v) is 18.2. The molecule has 1 amide bonds. The SMILES string of the molecule is CC(C)(C)OC(=O)N1CCN(c2cccc(Nc3ccc(C(=O)O)cc3[N+](=O)[O-])c2)CC1. The highest BCUT2D eigenvalue weighted by molar-refractivity contribution is 5.90. The lowest BCUT2D eigenvalue weighted by Gasteiger charge is -2.36. The van der Waals surface area contributed by atoms with E-state index in [9.17, 15) is 19.7 Å². The second-order valence-electron chi connectivity index (χ2n) is 8.42. The second kappa shape index (κ2) is 9.13. The molecule has 32 heavy (non-hydrogen) atoms. The van der Waals surface area contributed by atoms with Crippen LogP contribution in [0.2, 0.25) is 0 Å². The van der Waals surface area contributed by atoms with Gasteiger partial charge in [-0.1, -0.05) is 6.07 Å². The van der Waals surface area contributed by atoms with Crippen molar-refractivity contribution in [1.82, 2.24) is 4.90 Å². The highest BCUT2D eigenvalue weighted by atomic mass is 16.6. The summed E-state index contributed by atoms with van der Waals surface area (Å²) < 4.78 is 5.42. The minimum Gasteiger partial charge on any atom is -0.478 e. The monoisotopic (exact) mass is 442 g/mol. The van der Waals surface area contributed by atoms with E-state index in [1.165, 1.54) is 12.1 Å². The number of hydrogen-bond acceptors (Lipinski definition) is 7. The van der Waals surface area contributed by atoms with Crippen LogP contribution < -0.4 is 10.2 Å². The molecule has 0 atom stereocenters. The molecular weight excluding hydrogens is 416 g/mol. The number of amides is 1. The Balaban J connectivity index is 1.70. The van der Waals surface area contributed by atoms with Crippen LogP contribution in [-0.4, -0.2) is 58.8 Å². The summed E-state index contributed by atoms with van der Waals surface area (Å²) in [5, 5.41) is 23.5. The van der Waals surface area contributed by atoms with Gasteiger partial charge in [0, 0.05) is 43.6 Å². The van der Waals surface area contributed by atoms with Crippen molar-refractivity contribution in [3.8, 4) is 0 Å². The molecule has 0 aromatic heterocycles. The van der Waals surface area contributed by atoms with Crippen LogP contribution in [0, 0.1) is 10.1 Å². The molecule has 0 bridgehead atoms. The maximum atomic E-state index is 12.3. The average Bonchev–Trinajstić information content (AvgIpc) is 2.73. The number of piperazine rings is 1. The molecule has 170 valence electrons. The highest BCUT2D eigenvalue weighted by Crippen LogP contribution is 2.30. The number of ether oxygens (including phenoxy) is 1. The van der Waals surface area contributed by atoms with Gasteiger partial charge in [0.05, 0.1) is 10.5 Å². The van der Waals surface area contributed by atoms with Crippen LogP contribution in [-0.2, 0) is 4.74 Å². The summed E-state index contributed by atoms with van der Waals surface area (Å²) in [6.45, 7) is 7.79. The molecule has 0 saturated carbocycles. The van der Waals surface area contributed by atoms with Gasteiger partial charge in [-0.2, -0.15) is 0 Å². The number of carbonyl (C=O) groups excluding carboxylic acids is 1. The van der Waals surface area contributed by atoms with E-state index in [-0.39, 0.29) is 23.0 Å². The Kier molecular flexibility index (Phi) is 6.52. The van der Waals surface area contributed by atoms with Crippen LogP contribution in [0.15, 0.2) is 42.5 Å². The lowest BCUT2D eigenvalue weighted by atomic mass is 10.1. The summed E-state index contributed by atoms with van der Waals surface area (Å²) in [5.41, 5.74) is 0.721. The summed E-state index contributed by atoms with van der Waals surface area (Å²) in [7, 11) is 0. The summed E-state index contributed by atoms with van der Waals surface area (Å²) in [6, 6.07) is 11.1. The van der Waals surface area contributed by atoms with Crippen molar-refractivity contribution in [2.45, 2.75) is 26.4 Å². The minimum atomic E-state index is -1.23. The second-order valence-corrected chi connectivity index (χ2v) is 8.42. The third-order valence-corrected chi connectivity index (χ3v) is 4.86. The van der Waals surface area contributed by atoms with E-state index >= 15 is 0 Å². The first-order valence-electron chi connectivity index (χ1n) is 10.2. The van der Waals surface area contributed by atoms with Gasteiger partial charge in [0.2, 0.25) is 0 Å². The predicted octanol–water partition coefficient (Wildman–Crippen LogP) is 4.09. The molecular formula is C22H26N4O6. The van der Waals surface area contributed by atoms with Crippen LogP contribution in [0.1, 0.15) is 31.1 Å². The minimum absolute atomic E-state index is 0.154. The zero-order chi connectivity index (χ0) is 23.5. The van der Waals surface area contributed by atoms with Crippen molar-refractivity contribution < 1.29 is 24.4 Å². The van der Waals surface area contributed by atoms with Crippen molar-refractivity contribution in [3.05, 3.63) is 58.1 Å². The Labute approximate surface area is 185 Å². The van der Waals surface area contributed by atoms with E-state index in [1.807, 2.05) is 39.0 Å². The first kappa shape index (κ1) is 22.9. The van der Waals surface area contributed by atoms with E-state index < -0.39 is 16.5 Å². The lowest BCUT2D eigenvalue weighted by molar-refractivity contribution is -0.383. The third-order valence-electron chi connectivity index (χ3n) is 4.86. The van der Waals surface area contributed by atoms with Crippen LogP contribution >= 0.6 is 0 Å². The molecule has 2 N–H and O–H groups in total. The molecule has 1 heterocycles. The van der Waals surface area contributed by atoms with Crippen molar-refractivity contribution in [2.75, 3.05) is 36.4 Å². The number of carboxylic acid groups (broad SMARTS) is 1. The van der Waals surface area contributed by atoms with Crippen molar-refractivity contribution in [1.29, 1.82) is 0 Å². The number of nitro groups is 1. The normalized spacial score (nSPS) is 14.1. The molecule has 3 rings (SSSR count). The molecule has 10 heteroatoms. The molecule has 1 fully saturated rings. The van der Waals surface area contributed by atoms with Gasteiger partial charge < -0.3 is 25.0 Å². The molecule has 0 unspecified atom stereocenters. The summed E-state index contributed by atoms with van der Waals surface area (Å²) >= 11 is 0. The maximum Gasteiger partial charge on any atom is 0.410 e. The van der Waals surface area contributed by atoms with Gasteiger partial charge in [-0.3, -0.25) is 10.1 Å². The summed E-state index contributed by atoms with van der Waals surface area (Å²) in [6.07, 6.45) is -0.329. The van der Waals surface area contributed by atoms with Crippen LogP contribution in [0.5, 0.6) is 0 Å². The summed E-state index contributed by atoms with van der Waals surface area (Å²) in [4.78, 5) is 37.9. The Bertz CT molecular complexity index is 1030. The zero-order valence-electron chi connectivity index (χ0n) is 18.2. The van der Waals surface area contributed by atoms with Gasteiger partial charge >= 0.3 is 12.1 Å². The van der Waals surface area contributed by atoms with Crippen molar-refractivity contribution >= 4 is 34.8 Å². The lowest BCUT2D eigenvalue weighted by Crippen LogP contribution is -2.50. The van der Waals surface area contributed by atoms with Gasteiger partial charge in [-0.05, 0) is 51.1 Å². The van der Waals surface area contributed by atoms with Crippen molar-refractivity contribution in [3.63, 3.8) is 0 Å². The number of anilines is 3. The van der Waals surface area contributed by atoms with E-state index in [4.69, 9.17) is 9.84 Å². The quantitative estimate of drug-likeness (QED) is 0.524. The number of nitro benzene ring substituents is 1. The number of benzene rings is 2. The van der Waals surface area contributed by atoms with Crippen molar-refractivity contribution in [2.24, 2.45) is 0 Å². The van der Waals surface area contributed by atoms with Gasteiger partial charge in [0.15, 0.2) is 0 Å². The molecule has 10 nitrogen and oxygen atoms in total. The highest BCUT2D eigenvalue weighted by Gasteiger charge is 2.26. The Morgan fingerprint density at radius 1 is 1.09 bits per heavy atom. The molecule has 2 aromatic rings. The number of hydrogen-bond donors (Lipinski definition) is 2. The fraction of sp³-hybridized carbons (Fsp3) is 0.364. The standard InChI is InChI=1S/C22H26N4O6/c1-22(2,3)32-21(29)25-11-9-24(10-12-25)17-6-4-5-16(14-17)23-18-8-7-15(20(27)28)13-19(18)26(30)31/h4-8,13-14,23H,9-12H2,1-3H3,(H,27,28). The topological polar surface area (TPSA) is 125 Å². The van der Waals surface area contributed by atoms with Crippen LogP contribution in [0.3, 0.4) is 0 Å². The molecule has 0 aliphatic carbocycles. The predicted molar refractivity (Wildman–Crippen MR) is 120 cm³/mol. The fourth-order valence-electron chi connectivity index (χ4n) is 3.33. The number of nitrogens with one attached hydrogen (secondary N) is 1. The van der Waals surface area contributed by atoms with E-state index in [0.29, 0.717) is 31.9 Å². The first-order valence-corrected chi connectivity index (χ1v) is 10.2. The number of carbonyl (C=O) groups is 2. The van der Waals surface area contributed by atoms with Gasteiger partial charge in [0.25, 0.3) is 5.69 Å². The van der Waals surface area contributed by atoms with E-state index in [0.717, 1.165) is 11.8 Å². The first-order chi connectivity index (χ1) is 15.0. The molecule has 1 saturated heterocycles. The molecule has 0 radical (unpaired) electrons. The van der Waals surface area contributed by atoms with Gasteiger partial charge in [-0.15, -0.1) is 0 Å². The largest absolute Gasteiger partial charge is 0.478 e. The Morgan fingerprint density at radius 3 is 2.38 bits per heavy atom. The third kappa shape index (κ3) is 5.65. The molecule has 1 aliphatic heterocycles. The molecule has 1 aliphatic rings. The Morgan fingerprint density at radius 2 is 1.78 bits per heavy atom. The average molecular weight is 442 g/mol. The fourth-order valence-corrected chi connectivity index (χ4v) is 3.33. The van der Waals surface area contributed by atoms with Crippen LogP contribution in [0.4, 0.5) is 27.5 Å². The maximum absolute atomic E-state index is 12.3. The van der Waals surface area contributed by atoms with Gasteiger partial charge in [-0.25, -0.2) is 9.59 Å². The molecule has 0 spiro atoms. The number of nitrogens with zero attached hydrogens (tertiary/aromatic N) is 3. The number of aromatic carboxylic acids is 1. The Hall–Kier alpha value is -3.82. The van der Waals surface area contributed by atoms with E-state index in [1.54, 1.807) is 11.0 Å². The van der Waals surface area contributed by atoms with E-state index in [2.05, 4.69) is 10.2 Å². The van der Waals surface area contributed by atoms with Gasteiger partial charge in [0.1, 0.15) is 11.3 Å². The number of rotatable bonds is 5. The summed E-state index contributed by atoms with van der Waals surface area (Å²) in [5.74, 6) is -1.23. The van der Waals surface area contributed by atoms with Crippen LogP contribution in [0.25, 0.3) is 0 Å². The number of carboxylic acids is 1. The smallest absolute Gasteiger partial charge is 0.410 e.